The van der Waals surface area contributed by atoms with Crippen LogP contribution in [0.4, 0.5) is 0 Å². The summed E-state index contributed by atoms with van der Waals surface area (Å²) in [6.45, 7) is 1.83. The first kappa shape index (κ1) is 9.29. The van der Waals surface area contributed by atoms with Crippen LogP contribution in [-0.2, 0) is 9.53 Å². The summed E-state index contributed by atoms with van der Waals surface area (Å²) in [6.07, 6.45) is 4.15. The molecule has 1 rings (SSSR count). The first-order chi connectivity index (χ1) is 5.24. The van der Waals surface area contributed by atoms with Crippen molar-refractivity contribution in [3.8, 4) is 0 Å². The summed E-state index contributed by atoms with van der Waals surface area (Å²) < 4.78 is 5.77. The van der Waals surface area contributed by atoms with Gasteiger partial charge in [-0.2, -0.15) is 0 Å². The highest BCUT2D eigenvalue weighted by Gasteiger charge is 2.27. The van der Waals surface area contributed by atoms with Crippen molar-refractivity contribution in [3.63, 3.8) is 0 Å². The lowest BCUT2D eigenvalue weighted by Gasteiger charge is -2.14. The highest BCUT2D eigenvalue weighted by atomic mass is 127. The fourth-order valence-electron chi connectivity index (χ4n) is 1.27. The van der Waals surface area contributed by atoms with E-state index in [9.17, 15) is 4.79 Å². The molecule has 0 N–H and O–H groups in total. The van der Waals surface area contributed by atoms with Crippen LogP contribution in [0.1, 0.15) is 32.6 Å². The maximum absolute atomic E-state index is 10.9. The van der Waals surface area contributed by atoms with E-state index in [0.717, 1.165) is 6.42 Å². The predicted octanol–water partition coefficient (Wildman–Crippen LogP) is 2.30. The van der Waals surface area contributed by atoms with E-state index in [4.69, 9.17) is 4.74 Å². The molecule has 0 aromatic heterocycles. The second kappa shape index (κ2) is 4.28. The van der Waals surface area contributed by atoms with Crippen molar-refractivity contribution in [2.75, 3.05) is 0 Å². The highest BCUT2D eigenvalue weighted by Crippen LogP contribution is 2.28. The number of rotatable bonds is 2. The maximum Gasteiger partial charge on any atom is 0.305 e. The monoisotopic (exact) mass is 268 g/mol. The van der Waals surface area contributed by atoms with Gasteiger partial charge in [-0.3, -0.25) is 4.79 Å². The average molecular weight is 268 g/mol. The van der Waals surface area contributed by atoms with Crippen LogP contribution in [0.15, 0.2) is 0 Å². The Hall–Kier alpha value is 0.200. The van der Waals surface area contributed by atoms with Gasteiger partial charge in [0.15, 0.2) is 0 Å². The van der Waals surface area contributed by atoms with Gasteiger partial charge >= 0.3 is 5.97 Å². The lowest BCUT2D eigenvalue weighted by Crippen LogP contribution is -2.21. The Labute approximate surface area is 80.8 Å². The third-order valence-corrected chi connectivity index (χ3v) is 3.37. The van der Waals surface area contributed by atoms with Gasteiger partial charge in [-0.25, -0.2) is 0 Å². The van der Waals surface area contributed by atoms with E-state index in [2.05, 4.69) is 22.6 Å². The molecule has 0 heterocycles. The summed E-state index contributed by atoms with van der Waals surface area (Å²) in [6, 6.07) is 0. The predicted molar refractivity (Wildman–Crippen MR) is 51.8 cm³/mol. The maximum atomic E-state index is 10.9. The Balaban J connectivity index is 2.30. The minimum atomic E-state index is -0.0569. The number of alkyl halides is 1. The summed E-state index contributed by atoms with van der Waals surface area (Å²) in [5.41, 5.74) is 0. The van der Waals surface area contributed by atoms with Gasteiger partial charge in [0.2, 0.25) is 0 Å². The molecule has 0 aliphatic heterocycles. The zero-order chi connectivity index (χ0) is 8.27. The van der Waals surface area contributed by atoms with E-state index in [1.807, 2.05) is 6.92 Å². The SMILES string of the molecule is CCC(=O)O[C@H]1CCC[C@@H]1I. The van der Waals surface area contributed by atoms with Gasteiger partial charge in [0.25, 0.3) is 0 Å². The molecular weight excluding hydrogens is 255 g/mol. The molecule has 0 spiro atoms. The van der Waals surface area contributed by atoms with Crippen LogP contribution >= 0.6 is 22.6 Å². The number of esters is 1. The number of carbonyl (C=O) groups is 1. The Kier molecular flexibility index (Phi) is 3.62. The molecule has 11 heavy (non-hydrogen) atoms. The van der Waals surface area contributed by atoms with E-state index < -0.39 is 0 Å². The van der Waals surface area contributed by atoms with Crippen LogP contribution in [-0.4, -0.2) is 16.0 Å². The lowest BCUT2D eigenvalue weighted by atomic mass is 10.3. The van der Waals surface area contributed by atoms with Crippen LogP contribution in [0.5, 0.6) is 0 Å². The molecule has 0 saturated heterocycles. The fourth-order valence-corrected chi connectivity index (χ4v) is 2.21. The smallest absolute Gasteiger partial charge is 0.305 e. The third-order valence-electron chi connectivity index (χ3n) is 1.94. The molecule has 0 aromatic carbocycles. The summed E-state index contributed by atoms with van der Waals surface area (Å²) in [7, 11) is 0. The largest absolute Gasteiger partial charge is 0.461 e. The Morgan fingerprint density at radius 1 is 1.64 bits per heavy atom. The average Bonchev–Trinajstić information content (AvgIpc) is 2.37. The van der Waals surface area contributed by atoms with E-state index >= 15 is 0 Å². The molecule has 1 aliphatic rings. The van der Waals surface area contributed by atoms with Gasteiger partial charge in [0.1, 0.15) is 6.10 Å². The van der Waals surface area contributed by atoms with E-state index in [1.165, 1.54) is 12.8 Å². The topological polar surface area (TPSA) is 26.3 Å². The molecule has 0 bridgehead atoms. The first-order valence-electron chi connectivity index (χ1n) is 4.07. The quantitative estimate of drug-likeness (QED) is 0.436. The number of carbonyl (C=O) groups excluding carboxylic acids is 1. The molecule has 0 aromatic rings. The molecule has 2 nitrogen and oxygen atoms in total. The Morgan fingerprint density at radius 2 is 2.36 bits per heavy atom. The zero-order valence-electron chi connectivity index (χ0n) is 6.68. The molecule has 1 saturated carbocycles. The van der Waals surface area contributed by atoms with Crippen LogP contribution in [0.25, 0.3) is 0 Å². The molecule has 0 amide bonds. The molecule has 2 atom stereocenters. The normalized spacial score (nSPS) is 30.4. The standard InChI is InChI=1S/C8H13IO2/c1-2-8(10)11-7-5-3-4-6(7)9/h6-7H,2-5H2,1H3/t6-,7-/m0/s1. The minimum Gasteiger partial charge on any atom is -0.461 e. The van der Waals surface area contributed by atoms with Crippen LogP contribution in [0, 0.1) is 0 Å². The van der Waals surface area contributed by atoms with Crippen molar-refractivity contribution >= 4 is 28.6 Å². The summed E-state index contributed by atoms with van der Waals surface area (Å²) in [5, 5.41) is 0. The van der Waals surface area contributed by atoms with Crippen molar-refractivity contribution in [2.45, 2.75) is 42.6 Å². The first-order valence-corrected chi connectivity index (χ1v) is 5.32. The van der Waals surface area contributed by atoms with Crippen molar-refractivity contribution in [1.82, 2.24) is 0 Å². The second-order valence-electron chi connectivity index (χ2n) is 2.83. The summed E-state index contributed by atoms with van der Waals surface area (Å²) in [4.78, 5) is 10.9. The molecule has 0 radical (unpaired) electrons. The van der Waals surface area contributed by atoms with Crippen molar-refractivity contribution in [3.05, 3.63) is 0 Å². The van der Waals surface area contributed by atoms with Crippen LogP contribution in [0.2, 0.25) is 0 Å². The van der Waals surface area contributed by atoms with Crippen molar-refractivity contribution < 1.29 is 9.53 Å². The molecular formula is C8H13IO2. The van der Waals surface area contributed by atoms with Gasteiger partial charge in [0, 0.05) is 10.3 Å². The fraction of sp³-hybridized carbons (Fsp3) is 0.875. The summed E-state index contributed by atoms with van der Waals surface area (Å²) in [5.74, 6) is -0.0569. The molecule has 0 unspecified atom stereocenters. The van der Waals surface area contributed by atoms with E-state index in [-0.39, 0.29) is 12.1 Å². The zero-order valence-corrected chi connectivity index (χ0v) is 8.84. The second-order valence-corrected chi connectivity index (χ2v) is 4.43. The highest BCUT2D eigenvalue weighted by molar-refractivity contribution is 14.1. The third kappa shape index (κ3) is 2.61. The lowest BCUT2D eigenvalue weighted by molar-refractivity contribution is -0.147. The van der Waals surface area contributed by atoms with Crippen molar-refractivity contribution in [1.29, 1.82) is 0 Å². The summed E-state index contributed by atoms with van der Waals surface area (Å²) >= 11 is 2.37. The van der Waals surface area contributed by atoms with Gasteiger partial charge in [-0.15, -0.1) is 0 Å². The van der Waals surface area contributed by atoms with E-state index in [1.54, 1.807) is 0 Å². The number of halogens is 1. The van der Waals surface area contributed by atoms with Gasteiger partial charge in [-0.05, 0) is 19.3 Å². The van der Waals surface area contributed by atoms with E-state index in [0.29, 0.717) is 10.3 Å². The van der Waals surface area contributed by atoms with Crippen LogP contribution < -0.4 is 0 Å². The molecule has 3 heteroatoms. The van der Waals surface area contributed by atoms with Crippen LogP contribution in [0.3, 0.4) is 0 Å². The van der Waals surface area contributed by atoms with Gasteiger partial charge < -0.3 is 4.74 Å². The Morgan fingerprint density at radius 3 is 2.82 bits per heavy atom. The number of hydrogen-bond donors (Lipinski definition) is 0. The molecule has 64 valence electrons. The van der Waals surface area contributed by atoms with Gasteiger partial charge in [0.05, 0.1) is 0 Å². The molecule has 1 fully saturated rings. The molecule has 1 aliphatic carbocycles. The number of hydrogen-bond acceptors (Lipinski definition) is 2. The Bertz CT molecular complexity index is 147. The number of ether oxygens (including phenoxy) is 1. The van der Waals surface area contributed by atoms with Gasteiger partial charge in [-0.1, -0.05) is 29.5 Å². The minimum absolute atomic E-state index is 0.0569. The van der Waals surface area contributed by atoms with Crippen molar-refractivity contribution in [2.24, 2.45) is 0 Å².